The van der Waals surface area contributed by atoms with Crippen LogP contribution in [0.5, 0.6) is 5.88 Å². The molecule has 0 aliphatic carbocycles. The number of hydrogen-bond donors (Lipinski definition) is 0. The number of aryl methyl sites for hydroxylation is 2. The van der Waals surface area contributed by atoms with E-state index in [1.54, 1.807) is 17.3 Å². The first-order valence-electron chi connectivity index (χ1n) is 10.4. The maximum absolute atomic E-state index is 13.1. The number of urea groups is 1. The summed E-state index contributed by atoms with van der Waals surface area (Å²) in [5.41, 5.74) is 2.02. The molecule has 11 heteroatoms. The van der Waals surface area contributed by atoms with Crippen molar-refractivity contribution in [3.05, 3.63) is 24.5 Å². The van der Waals surface area contributed by atoms with Gasteiger partial charge in [0.25, 0.3) is 0 Å². The van der Waals surface area contributed by atoms with Crippen LogP contribution < -0.4 is 4.74 Å². The van der Waals surface area contributed by atoms with Crippen LogP contribution in [0.1, 0.15) is 19.2 Å². The summed E-state index contributed by atoms with van der Waals surface area (Å²) in [5, 5.41) is 0. The molecule has 5 heterocycles. The average molecular weight is 426 g/mol. The highest BCUT2D eigenvalue weighted by Crippen LogP contribution is 2.29. The van der Waals surface area contributed by atoms with Crippen molar-refractivity contribution in [1.82, 2.24) is 39.3 Å². The molecule has 3 aromatic rings. The summed E-state index contributed by atoms with van der Waals surface area (Å²) in [5.74, 6) is 1.77. The van der Waals surface area contributed by atoms with Crippen molar-refractivity contribution in [2.75, 3.05) is 26.2 Å². The summed E-state index contributed by atoms with van der Waals surface area (Å²) in [7, 11) is 0. The third-order valence-electron chi connectivity index (χ3n) is 5.66. The number of nitrogens with zero attached hydrogens (tertiary/aromatic N) is 8. The van der Waals surface area contributed by atoms with Crippen molar-refractivity contribution in [2.45, 2.75) is 39.1 Å². The molecule has 2 fully saturated rings. The van der Waals surface area contributed by atoms with Gasteiger partial charge in [-0.1, -0.05) is 0 Å². The minimum absolute atomic E-state index is 0.134. The number of halogens is 1. The Hall–Kier alpha value is -3.37. The van der Waals surface area contributed by atoms with Gasteiger partial charge in [0.2, 0.25) is 5.88 Å². The number of likely N-dealkylation sites (tertiary alicyclic amines) is 2. The van der Waals surface area contributed by atoms with Crippen LogP contribution in [0.2, 0.25) is 0 Å². The molecule has 2 saturated heterocycles. The number of fused-ring (bicyclic) bond motifs is 1. The Morgan fingerprint density at radius 2 is 1.94 bits per heavy atom. The molecule has 10 nitrogen and oxygen atoms in total. The van der Waals surface area contributed by atoms with Crippen molar-refractivity contribution in [3.63, 3.8) is 0 Å². The molecule has 0 bridgehead atoms. The Bertz CT molecular complexity index is 1110. The largest absolute Gasteiger partial charge is 0.471 e. The zero-order chi connectivity index (χ0) is 21.5. The van der Waals surface area contributed by atoms with Gasteiger partial charge in [-0.2, -0.15) is 4.98 Å². The summed E-state index contributed by atoms with van der Waals surface area (Å²) in [6.45, 7) is 5.86. The van der Waals surface area contributed by atoms with E-state index in [1.165, 1.54) is 11.2 Å². The van der Waals surface area contributed by atoms with Crippen LogP contribution in [-0.4, -0.2) is 83.8 Å². The predicted molar refractivity (Wildman–Crippen MR) is 109 cm³/mol. The topological polar surface area (TPSA) is 102 Å². The average Bonchev–Trinajstić information content (AvgIpc) is 3.36. The quantitative estimate of drug-likeness (QED) is 0.627. The van der Waals surface area contributed by atoms with E-state index in [4.69, 9.17) is 9.72 Å². The van der Waals surface area contributed by atoms with E-state index in [0.717, 1.165) is 5.56 Å². The molecule has 0 N–H and O–H groups in total. The van der Waals surface area contributed by atoms with Gasteiger partial charge in [0.1, 0.15) is 30.3 Å². The standard InChI is InChI=1S/C20H23FN8O2/c1-3-29-17(13-6-22-12(2)23-7-13)26-16-18(29)24-11-25-19(16)31-15-4-5-27(10-15)20(30)28-8-14(21)9-28/h6-7,11,14-15H,3-5,8-10H2,1-2H3. The smallest absolute Gasteiger partial charge is 0.320 e. The van der Waals surface area contributed by atoms with E-state index in [2.05, 4.69) is 19.9 Å². The lowest BCUT2D eigenvalue weighted by Crippen LogP contribution is -2.55. The van der Waals surface area contributed by atoms with Gasteiger partial charge in [-0.3, -0.25) is 0 Å². The van der Waals surface area contributed by atoms with E-state index < -0.39 is 6.17 Å². The second-order valence-electron chi connectivity index (χ2n) is 7.81. The minimum Gasteiger partial charge on any atom is -0.471 e. The Kier molecular flexibility index (Phi) is 4.87. The zero-order valence-corrected chi connectivity index (χ0v) is 17.4. The van der Waals surface area contributed by atoms with Crippen LogP contribution in [-0.2, 0) is 6.54 Å². The fraction of sp³-hybridized carbons (Fsp3) is 0.500. The van der Waals surface area contributed by atoms with Crippen LogP contribution in [0, 0.1) is 6.92 Å². The van der Waals surface area contributed by atoms with Crippen molar-refractivity contribution in [3.8, 4) is 17.3 Å². The van der Waals surface area contributed by atoms with E-state index in [9.17, 15) is 9.18 Å². The first kappa shape index (κ1) is 19.6. The second-order valence-corrected chi connectivity index (χ2v) is 7.81. The molecule has 162 valence electrons. The van der Waals surface area contributed by atoms with Gasteiger partial charge in [-0.25, -0.2) is 29.1 Å². The third-order valence-corrected chi connectivity index (χ3v) is 5.66. The normalized spacial score (nSPS) is 19.1. The molecule has 2 aliphatic heterocycles. The number of alkyl halides is 1. The Morgan fingerprint density at radius 3 is 2.65 bits per heavy atom. The SMILES string of the molecule is CCn1c(-c2cnc(C)nc2)nc2c(OC3CCN(C(=O)N4CC(F)C4)C3)ncnc21. The van der Waals surface area contributed by atoms with Gasteiger partial charge >= 0.3 is 6.03 Å². The number of aromatic nitrogens is 6. The van der Waals surface area contributed by atoms with Crippen LogP contribution in [0.4, 0.5) is 9.18 Å². The molecule has 2 aliphatic rings. The van der Waals surface area contributed by atoms with Crippen LogP contribution in [0.3, 0.4) is 0 Å². The maximum atomic E-state index is 13.1. The highest BCUT2D eigenvalue weighted by Gasteiger charge is 2.37. The molecule has 1 atom stereocenters. The Labute approximate surface area is 178 Å². The first-order chi connectivity index (χ1) is 15.0. The fourth-order valence-electron chi connectivity index (χ4n) is 3.97. The highest BCUT2D eigenvalue weighted by atomic mass is 19.1. The summed E-state index contributed by atoms with van der Waals surface area (Å²) < 4.78 is 21.2. The summed E-state index contributed by atoms with van der Waals surface area (Å²) >= 11 is 0. The van der Waals surface area contributed by atoms with E-state index in [1.807, 2.05) is 18.4 Å². The lowest BCUT2D eigenvalue weighted by Gasteiger charge is -2.37. The van der Waals surface area contributed by atoms with Crippen LogP contribution in [0.15, 0.2) is 18.7 Å². The molecule has 0 radical (unpaired) electrons. The summed E-state index contributed by atoms with van der Waals surface area (Å²) in [6, 6.07) is -0.134. The maximum Gasteiger partial charge on any atom is 0.320 e. The summed E-state index contributed by atoms with van der Waals surface area (Å²) in [4.78, 5) is 37.6. The number of ether oxygens (including phenoxy) is 1. The number of hydrogen-bond acceptors (Lipinski definition) is 7. The number of rotatable bonds is 4. The van der Waals surface area contributed by atoms with Crippen molar-refractivity contribution < 1.29 is 13.9 Å². The lowest BCUT2D eigenvalue weighted by molar-refractivity contribution is 0.0698. The molecule has 0 aromatic carbocycles. The molecule has 3 aromatic heterocycles. The molecular weight excluding hydrogens is 403 g/mol. The van der Waals surface area contributed by atoms with E-state index in [0.29, 0.717) is 54.7 Å². The van der Waals surface area contributed by atoms with Crippen molar-refractivity contribution in [1.29, 1.82) is 0 Å². The first-order valence-corrected chi connectivity index (χ1v) is 10.4. The van der Waals surface area contributed by atoms with E-state index in [-0.39, 0.29) is 25.2 Å². The molecule has 31 heavy (non-hydrogen) atoms. The molecule has 5 rings (SSSR count). The zero-order valence-electron chi connectivity index (χ0n) is 17.4. The van der Waals surface area contributed by atoms with E-state index >= 15 is 0 Å². The predicted octanol–water partition coefficient (Wildman–Crippen LogP) is 1.84. The van der Waals surface area contributed by atoms with Gasteiger partial charge < -0.3 is 19.1 Å². The summed E-state index contributed by atoms with van der Waals surface area (Å²) in [6.07, 6.45) is 4.50. The minimum atomic E-state index is -0.908. The van der Waals surface area contributed by atoms with Crippen molar-refractivity contribution in [2.24, 2.45) is 0 Å². The Morgan fingerprint density at radius 1 is 1.16 bits per heavy atom. The van der Waals surface area contributed by atoms with Gasteiger partial charge in [0, 0.05) is 31.9 Å². The van der Waals surface area contributed by atoms with Gasteiger partial charge in [-0.15, -0.1) is 0 Å². The monoisotopic (exact) mass is 426 g/mol. The van der Waals surface area contributed by atoms with Crippen LogP contribution >= 0.6 is 0 Å². The fourth-order valence-corrected chi connectivity index (χ4v) is 3.97. The van der Waals surface area contributed by atoms with Gasteiger partial charge in [0.05, 0.1) is 25.2 Å². The molecule has 1 unspecified atom stereocenters. The molecule has 0 saturated carbocycles. The van der Waals surface area contributed by atoms with Gasteiger partial charge in [-0.05, 0) is 13.8 Å². The Balaban J connectivity index is 1.38. The molecule has 0 spiro atoms. The third kappa shape index (κ3) is 3.53. The number of imidazole rings is 1. The van der Waals surface area contributed by atoms with Crippen molar-refractivity contribution >= 4 is 17.2 Å². The number of carbonyl (C=O) groups is 1. The lowest BCUT2D eigenvalue weighted by atomic mass is 10.2. The molecular formula is C20H23FN8O2. The highest BCUT2D eigenvalue weighted by molar-refractivity contribution is 5.81. The van der Waals surface area contributed by atoms with Crippen LogP contribution in [0.25, 0.3) is 22.6 Å². The second kappa shape index (κ2) is 7.71. The van der Waals surface area contributed by atoms with Gasteiger partial charge in [0.15, 0.2) is 11.2 Å². The number of amides is 2. The number of carbonyl (C=O) groups excluding carboxylic acids is 1. The molecule has 2 amide bonds.